The highest BCUT2D eigenvalue weighted by Crippen LogP contribution is 2.55. The molecule has 2 aliphatic heterocycles. The third kappa shape index (κ3) is 1.40. The van der Waals surface area contributed by atoms with Gasteiger partial charge in [-0.15, -0.1) is 0 Å². The number of hydrogen-bond acceptors (Lipinski definition) is 2. The van der Waals surface area contributed by atoms with Crippen LogP contribution in [0.1, 0.15) is 22.9 Å². The molecule has 4 heteroatoms. The summed E-state index contributed by atoms with van der Waals surface area (Å²) < 4.78 is 15.4. The fourth-order valence-electron chi connectivity index (χ4n) is 4.07. The molecule has 1 aliphatic carbocycles. The van der Waals surface area contributed by atoms with E-state index in [1.165, 1.54) is 17.5 Å². The molecule has 0 radical (unpaired) electrons. The zero-order chi connectivity index (χ0) is 13.3. The SMILES string of the molecule is Fc1ccc2c(c1)CCc1cc(C3C4CNCC43)nn1-2. The Morgan fingerprint density at radius 2 is 2.00 bits per heavy atom. The van der Waals surface area contributed by atoms with Gasteiger partial charge in [0.25, 0.3) is 0 Å². The number of rotatable bonds is 1. The van der Waals surface area contributed by atoms with Gasteiger partial charge in [-0.05, 0) is 67.6 Å². The molecule has 20 heavy (non-hydrogen) atoms. The van der Waals surface area contributed by atoms with Crippen molar-refractivity contribution in [1.29, 1.82) is 0 Å². The number of halogens is 1. The average molecular weight is 269 g/mol. The Balaban J connectivity index is 1.57. The zero-order valence-corrected chi connectivity index (χ0v) is 11.1. The minimum absolute atomic E-state index is 0.151. The van der Waals surface area contributed by atoms with Gasteiger partial charge in [-0.25, -0.2) is 9.07 Å². The number of benzene rings is 1. The number of aromatic nitrogens is 2. The molecule has 0 bridgehead atoms. The quantitative estimate of drug-likeness (QED) is 0.858. The van der Waals surface area contributed by atoms with Gasteiger partial charge in [-0.2, -0.15) is 5.10 Å². The molecule has 3 heterocycles. The average Bonchev–Trinajstić information content (AvgIpc) is 2.83. The second-order valence-electron chi connectivity index (χ2n) is 6.26. The van der Waals surface area contributed by atoms with E-state index in [-0.39, 0.29) is 5.82 Å². The lowest BCUT2D eigenvalue weighted by molar-refractivity contribution is 0.619. The molecule has 2 atom stereocenters. The molecular weight excluding hydrogens is 253 g/mol. The van der Waals surface area contributed by atoms with Crippen LogP contribution in [0.25, 0.3) is 5.69 Å². The minimum Gasteiger partial charge on any atom is -0.316 e. The lowest BCUT2D eigenvalue weighted by Gasteiger charge is -2.17. The molecule has 0 amide bonds. The van der Waals surface area contributed by atoms with E-state index < -0.39 is 0 Å². The lowest BCUT2D eigenvalue weighted by atomic mass is 10.0. The van der Waals surface area contributed by atoms with Crippen LogP contribution in [0.3, 0.4) is 0 Å². The Hall–Kier alpha value is -1.68. The maximum atomic E-state index is 13.3. The molecule has 5 rings (SSSR count). The maximum Gasteiger partial charge on any atom is 0.123 e. The molecule has 1 aromatic heterocycles. The summed E-state index contributed by atoms with van der Waals surface area (Å²) in [6.45, 7) is 2.28. The first-order valence-corrected chi connectivity index (χ1v) is 7.39. The molecule has 3 nitrogen and oxygen atoms in total. The van der Waals surface area contributed by atoms with Crippen molar-refractivity contribution in [2.24, 2.45) is 11.8 Å². The van der Waals surface area contributed by atoms with Gasteiger partial charge < -0.3 is 5.32 Å². The predicted octanol–water partition coefficient (Wildman–Crippen LogP) is 2.04. The fraction of sp³-hybridized carbons (Fsp3) is 0.438. The number of piperidine rings is 1. The summed E-state index contributed by atoms with van der Waals surface area (Å²) in [5.41, 5.74) is 4.65. The van der Waals surface area contributed by atoms with Crippen molar-refractivity contribution in [3.8, 4) is 5.69 Å². The number of nitrogens with zero attached hydrogens (tertiary/aromatic N) is 2. The lowest BCUT2D eigenvalue weighted by Crippen LogP contribution is -2.14. The summed E-state index contributed by atoms with van der Waals surface area (Å²) in [4.78, 5) is 0. The summed E-state index contributed by atoms with van der Waals surface area (Å²) in [5, 5.41) is 8.26. The summed E-state index contributed by atoms with van der Waals surface area (Å²) in [7, 11) is 0. The molecule has 1 aromatic carbocycles. The van der Waals surface area contributed by atoms with E-state index >= 15 is 0 Å². The van der Waals surface area contributed by atoms with Crippen molar-refractivity contribution in [2.75, 3.05) is 13.1 Å². The second kappa shape index (κ2) is 3.70. The van der Waals surface area contributed by atoms with Crippen LogP contribution in [0.2, 0.25) is 0 Å². The van der Waals surface area contributed by atoms with E-state index in [1.54, 1.807) is 6.07 Å². The van der Waals surface area contributed by atoms with Gasteiger partial charge in [0.05, 0.1) is 11.4 Å². The number of fused-ring (bicyclic) bond motifs is 4. The van der Waals surface area contributed by atoms with E-state index in [1.807, 2.05) is 10.7 Å². The summed E-state index contributed by atoms with van der Waals surface area (Å²) in [5.74, 6) is 2.08. The fourth-order valence-corrected chi connectivity index (χ4v) is 4.07. The number of hydrogen-bond donors (Lipinski definition) is 1. The van der Waals surface area contributed by atoms with Crippen LogP contribution in [0.4, 0.5) is 4.39 Å². The molecule has 3 aliphatic rings. The van der Waals surface area contributed by atoms with Crippen molar-refractivity contribution in [3.63, 3.8) is 0 Å². The highest BCUT2D eigenvalue weighted by atomic mass is 19.1. The molecule has 2 unspecified atom stereocenters. The van der Waals surface area contributed by atoms with Crippen LogP contribution >= 0.6 is 0 Å². The largest absolute Gasteiger partial charge is 0.316 e. The zero-order valence-electron chi connectivity index (χ0n) is 11.1. The van der Waals surface area contributed by atoms with Crippen molar-refractivity contribution in [2.45, 2.75) is 18.8 Å². The Morgan fingerprint density at radius 3 is 2.85 bits per heavy atom. The molecule has 102 valence electrons. The molecule has 2 fully saturated rings. The highest BCUT2D eigenvalue weighted by molar-refractivity contribution is 5.46. The third-order valence-electron chi connectivity index (χ3n) is 5.16. The molecule has 1 N–H and O–H groups in total. The van der Waals surface area contributed by atoms with Gasteiger partial charge in [0.15, 0.2) is 0 Å². The second-order valence-corrected chi connectivity index (χ2v) is 6.26. The summed E-state index contributed by atoms with van der Waals surface area (Å²) in [6, 6.07) is 7.31. The van der Waals surface area contributed by atoms with Crippen LogP contribution in [0.5, 0.6) is 0 Å². The first-order valence-electron chi connectivity index (χ1n) is 7.39. The Labute approximate surface area is 116 Å². The van der Waals surface area contributed by atoms with Crippen LogP contribution in [-0.2, 0) is 12.8 Å². The maximum absolute atomic E-state index is 13.3. The molecule has 1 saturated carbocycles. The van der Waals surface area contributed by atoms with Gasteiger partial charge in [0.1, 0.15) is 5.82 Å². The van der Waals surface area contributed by atoms with Crippen molar-refractivity contribution >= 4 is 0 Å². The summed E-state index contributed by atoms with van der Waals surface area (Å²) >= 11 is 0. The third-order valence-corrected chi connectivity index (χ3v) is 5.16. The van der Waals surface area contributed by atoms with E-state index in [0.717, 1.165) is 49.0 Å². The molecule has 2 aromatic rings. The Kier molecular flexibility index (Phi) is 2.04. The Morgan fingerprint density at radius 1 is 1.15 bits per heavy atom. The van der Waals surface area contributed by atoms with Crippen LogP contribution in [0, 0.1) is 17.7 Å². The first-order chi connectivity index (χ1) is 9.81. The van der Waals surface area contributed by atoms with Gasteiger partial charge in [-0.1, -0.05) is 0 Å². The topological polar surface area (TPSA) is 29.9 Å². The van der Waals surface area contributed by atoms with E-state index in [9.17, 15) is 4.39 Å². The molecule has 1 saturated heterocycles. The number of aryl methyl sites for hydroxylation is 2. The number of nitrogens with one attached hydrogen (secondary N) is 1. The van der Waals surface area contributed by atoms with Crippen molar-refractivity contribution < 1.29 is 4.39 Å². The summed E-state index contributed by atoms with van der Waals surface area (Å²) in [6.07, 6.45) is 1.88. The van der Waals surface area contributed by atoms with Crippen LogP contribution in [-0.4, -0.2) is 22.9 Å². The normalized spacial score (nSPS) is 29.8. The van der Waals surface area contributed by atoms with E-state index in [2.05, 4.69) is 11.4 Å². The first kappa shape index (κ1) is 11.0. The van der Waals surface area contributed by atoms with E-state index in [0.29, 0.717) is 5.92 Å². The smallest absolute Gasteiger partial charge is 0.123 e. The van der Waals surface area contributed by atoms with Crippen molar-refractivity contribution in [1.82, 2.24) is 15.1 Å². The van der Waals surface area contributed by atoms with Crippen LogP contribution < -0.4 is 5.32 Å². The molecular formula is C16H16FN3. The minimum atomic E-state index is -0.151. The molecule has 0 spiro atoms. The highest BCUT2D eigenvalue weighted by Gasteiger charge is 2.54. The van der Waals surface area contributed by atoms with E-state index in [4.69, 9.17) is 5.10 Å². The predicted molar refractivity (Wildman–Crippen MR) is 73.5 cm³/mol. The van der Waals surface area contributed by atoms with Crippen molar-refractivity contribution in [3.05, 3.63) is 47.0 Å². The monoisotopic (exact) mass is 269 g/mol. The van der Waals surface area contributed by atoms with Gasteiger partial charge in [0.2, 0.25) is 0 Å². The Bertz CT molecular complexity index is 696. The van der Waals surface area contributed by atoms with Gasteiger partial charge in [0, 0.05) is 11.6 Å². The van der Waals surface area contributed by atoms with Crippen LogP contribution in [0.15, 0.2) is 24.3 Å². The van der Waals surface area contributed by atoms with Gasteiger partial charge >= 0.3 is 0 Å². The standard InChI is InChI=1S/C16H16FN3/c17-10-2-4-15-9(5-10)1-3-11-6-14(19-20(11)15)16-12-7-18-8-13(12)16/h2,4-6,12-13,16,18H,1,3,7-8H2. The van der Waals surface area contributed by atoms with Gasteiger partial charge in [-0.3, -0.25) is 0 Å².